The molecule has 3 aliphatic heterocycles. The van der Waals surface area contributed by atoms with Crippen molar-refractivity contribution in [1.29, 1.82) is 0 Å². The van der Waals surface area contributed by atoms with Gasteiger partial charge in [0.05, 0.1) is 35.7 Å². The molecule has 1 saturated heterocycles. The van der Waals surface area contributed by atoms with Crippen LogP contribution in [0.5, 0.6) is 11.5 Å². The number of fused-ring (bicyclic) bond motifs is 4. The topological polar surface area (TPSA) is 39.2 Å². The highest BCUT2D eigenvalue weighted by molar-refractivity contribution is 8.04. The van der Waals surface area contributed by atoms with Crippen LogP contribution in [0.2, 0.25) is 0 Å². The lowest BCUT2D eigenvalue weighted by atomic mass is 10.1. The highest BCUT2D eigenvalue weighted by atomic mass is 127. The molecule has 0 bridgehead atoms. The molecule has 3 aliphatic rings. The van der Waals surface area contributed by atoms with Gasteiger partial charge in [0.2, 0.25) is 0 Å². The van der Waals surface area contributed by atoms with Crippen LogP contribution in [-0.2, 0) is 0 Å². The van der Waals surface area contributed by atoms with Crippen LogP contribution in [0.4, 0.5) is 23.0 Å². The zero-order chi connectivity index (χ0) is 43.3. The fourth-order valence-electron chi connectivity index (χ4n) is 9.27. The highest BCUT2D eigenvalue weighted by Crippen LogP contribution is 2.47. The van der Waals surface area contributed by atoms with Gasteiger partial charge in [0.1, 0.15) is 60.1 Å². The molecule has 0 radical (unpaired) electrons. The van der Waals surface area contributed by atoms with Gasteiger partial charge < -0.3 is 67.2 Å². The Morgan fingerprint density at radius 1 is 0.470 bits per heavy atom. The minimum atomic E-state index is 0. The number of anilines is 4. The Kier molecular flexibility index (Phi) is 13.5. The number of benzene rings is 6. The van der Waals surface area contributed by atoms with E-state index in [1.54, 1.807) is 14.2 Å². The molecular formula is C54H48I2N6O2S2. The Labute approximate surface area is 429 Å². The van der Waals surface area contributed by atoms with Gasteiger partial charge in [-0.3, -0.25) is 9.80 Å². The van der Waals surface area contributed by atoms with E-state index in [9.17, 15) is 0 Å². The maximum absolute atomic E-state index is 5.88. The van der Waals surface area contributed by atoms with Gasteiger partial charge in [-0.05, 0) is 96.1 Å². The first-order chi connectivity index (χ1) is 31.4. The number of thioether (sulfide) groups is 2. The second-order valence-corrected chi connectivity index (χ2v) is 18.3. The van der Waals surface area contributed by atoms with E-state index in [1.165, 1.54) is 42.4 Å². The van der Waals surface area contributed by atoms with Gasteiger partial charge in [-0.1, -0.05) is 84.2 Å². The summed E-state index contributed by atoms with van der Waals surface area (Å²) in [5, 5.41) is 4.72. The number of hydrogen-bond donors (Lipinski definition) is 0. The van der Waals surface area contributed by atoms with Crippen LogP contribution in [0.15, 0.2) is 178 Å². The first kappa shape index (κ1) is 45.7. The Bertz CT molecular complexity index is 2950. The van der Waals surface area contributed by atoms with Crippen molar-refractivity contribution >= 4 is 80.5 Å². The van der Waals surface area contributed by atoms with Gasteiger partial charge in [0.25, 0.3) is 11.6 Å². The fraction of sp³-hybridized carbons (Fsp3) is 0.148. The molecule has 0 saturated carbocycles. The molecule has 1 fully saturated rings. The van der Waals surface area contributed by atoms with E-state index in [4.69, 9.17) is 9.47 Å². The third-order valence-corrected chi connectivity index (χ3v) is 14.9. The predicted octanol–water partition coefficient (Wildman–Crippen LogP) is 4.98. The van der Waals surface area contributed by atoms with E-state index in [1.807, 2.05) is 23.5 Å². The third kappa shape index (κ3) is 8.34. The lowest BCUT2D eigenvalue weighted by molar-refractivity contribution is -0.555. The van der Waals surface area contributed by atoms with E-state index < -0.39 is 0 Å². The van der Waals surface area contributed by atoms with Gasteiger partial charge in [0.15, 0.2) is 0 Å². The number of rotatable bonds is 8. The maximum atomic E-state index is 5.88. The Morgan fingerprint density at radius 2 is 0.848 bits per heavy atom. The summed E-state index contributed by atoms with van der Waals surface area (Å²) in [7, 11) is 7.83. The number of pyridine rings is 2. The number of hydrogen-bond acceptors (Lipinski definition) is 8. The molecule has 332 valence electrons. The summed E-state index contributed by atoms with van der Waals surface area (Å²) >= 11 is 3.65. The molecule has 5 heterocycles. The summed E-state index contributed by atoms with van der Waals surface area (Å²) in [6, 6.07) is 56.5. The molecule has 0 N–H and O–H groups in total. The molecule has 0 aliphatic carbocycles. The Hall–Kier alpha value is -5.42. The standard InChI is InChI=1S/C54H48N6O2S2.2HI/c1-55-45-19-11-13-21-49(45)63-53(55)33-37-31-51(59(39-15-7-5-8-16-39)47-35-41(61-3)23-25-43(37)47)57-27-29-58(30-28-57)52-32-38(34-54-56(2)46-20-12-14-22-50(46)64-54)44-26-24-42(62-4)36-48(44)60(52)40-17-9-6-10-18-40;;/h5-26,31-36H,27-30H2,1-4H3;2*1H/q+2;;/p-2. The molecule has 11 rings (SSSR count). The zero-order valence-corrected chi connectivity index (χ0v) is 43.0. The molecule has 2 aromatic heterocycles. The van der Waals surface area contributed by atoms with Crippen LogP contribution in [0.3, 0.4) is 0 Å². The second kappa shape index (κ2) is 19.4. The minimum absolute atomic E-state index is 0. The van der Waals surface area contributed by atoms with Crippen molar-refractivity contribution in [2.45, 2.75) is 9.79 Å². The van der Waals surface area contributed by atoms with Crippen LogP contribution >= 0.6 is 23.5 Å². The largest absolute Gasteiger partial charge is 1.00 e. The summed E-state index contributed by atoms with van der Waals surface area (Å²) in [4.78, 5) is 12.3. The Balaban J connectivity index is 0.00000274. The molecule has 66 heavy (non-hydrogen) atoms. The SMILES string of the molecule is COc1ccc2c(C=C3Sc4ccccc4N3C)cc(N3CCN(c4cc(C=C5Sc6ccccc6N5C)c5ccc(OC)cc5[n+]4-c4ccccc4)CC3)[n+](-c3ccccc3)c2c1.[I-].[I-]. The van der Waals surface area contributed by atoms with Crippen LogP contribution < -0.4 is 86.2 Å². The van der Waals surface area contributed by atoms with Crippen molar-refractivity contribution in [2.75, 3.05) is 74.1 Å². The zero-order valence-electron chi connectivity index (χ0n) is 37.1. The van der Waals surface area contributed by atoms with Gasteiger partial charge in [0, 0.05) is 58.9 Å². The number of para-hydroxylation sites is 4. The van der Waals surface area contributed by atoms with Crippen molar-refractivity contribution in [3.8, 4) is 22.9 Å². The molecule has 0 atom stereocenters. The fourth-order valence-corrected chi connectivity index (χ4v) is 11.5. The minimum Gasteiger partial charge on any atom is -1.00 e. The van der Waals surface area contributed by atoms with Crippen molar-refractivity contribution in [3.63, 3.8) is 0 Å². The van der Waals surface area contributed by atoms with Crippen LogP contribution in [-0.4, -0.2) is 54.5 Å². The molecule has 12 heteroatoms. The van der Waals surface area contributed by atoms with Gasteiger partial charge in [-0.2, -0.15) is 9.13 Å². The first-order valence-electron chi connectivity index (χ1n) is 21.6. The number of ether oxygens (including phenoxy) is 2. The molecule has 8 aromatic rings. The van der Waals surface area contributed by atoms with E-state index >= 15 is 0 Å². The van der Waals surface area contributed by atoms with Crippen LogP contribution in [0, 0.1) is 0 Å². The lowest BCUT2D eigenvalue weighted by Crippen LogP contribution is -3.00. The van der Waals surface area contributed by atoms with Crippen LogP contribution in [0.1, 0.15) is 11.1 Å². The molecule has 0 spiro atoms. The molecule has 0 amide bonds. The molecule has 6 aromatic carbocycles. The van der Waals surface area contributed by atoms with Gasteiger partial charge in [-0.25, -0.2) is 0 Å². The van der Waals surface area contributed by atoms with Gasteiger partial charge >= 0.3 is 0 Å². The van der Waals surface area contributed by atoms with E-state index in [-0.39, 0.29) is 48.0 Å². The summed E-state index contributed by atoms with van der Waals surface area (Å²) < 4.78 is 16.6. The summed E-state index contributed by atoms with van der Waals surface area (Å²) in [6.07, 6.45) is 4.71. The molecule has 0 unspecified atom stereocenters. The van der Waals surface area contributed by atoms with Crippen molar-refractivity contribution < 1.29 is 66.6 Å². The number of methoxy groups -OCH3 is 2. The Morgan fingerprint density at radius 3 is 1.23 bits per heavy atom. The van der Waals surface area contributed by atoms with Crippen molar-refractivity contribution in [3.05, 3.63) is 179 Å². The number of piperazine rings is 1. The third-order valence-electron chi connectivity index (χ3n) is 12.6. The summed E-state index contributed by atoms with van der Waals surface area (Å²) in [6.45, 7) is 3.25. The van der Waals surface area contributed by atoms with Crippen LogP contribution in [0.25, 0.3) is 45.3 Å². The monoisotopic (exact) mass is 1130 g/mol. The summed E-state index contributed by atoms with van der Waals surface area (Å²) in [5.74, 6) is 3.94. The average Bonchev–Trinajstić information content (AvgIpc) is 3.84. The average molecular weight is 1130 g/mol. The smallest absolute Gasteiger partial charge is 0.283 e. The lowest BCUT2D eigenvalue weighted by Gasteiger charge is -2.30. The maximum Gasteiger partial charge on any atom is 0.283 e. The van der Waals surface area contributed by atoms with E-state index in [0.717, 1.165) is 82.5 Å². The highest BCUT2D eigenvalue weighted by Gasteiger charge is 2.35. The van der Waals surface area contributed by atoms with Crippen molar-refractivity contribution in [1.82, 2.24) is 0 Å². The predicted molar refractivity (Wildman–Crippen MR) is 266 cm³/mol. The van der Waals surface area contributed by atoms with E-state index in [0.29, 0.717) is 0 Å². The molecule has 8 nitrogen and oxygen atoms in total. The van der Waals surface area contributed by atoms with E-state index in [2.05, 4.69) is 213 Å². The first-order valence-corrected chi connectivity index (χ1v) is 23.3. The van der Waals surface area contributed by atoms with Gasteiger partial charge in [-0.15, -0.1) is 0 Å². The normalized spacial score (nSPS) is 15.5. The quantitative estimate of drug-likeness (QED) is 0.156. The number of halogens is 2. The van der Waals surface area contributed by atoms with Crippen molar-refractivity contribution in [2.24, 2.45) is 0 Å². The second-order valence-electron chi connectivity index (χ2n) is 16.2. The number of nitrogens with zero attached hydrogens (tertiary/aromatic N) is 6. The number of aromatic nitrogens is 2. The summed E-state index contributed by atoms with van der Waals surface area (Å²) in [5.41, 5.74) is 9.22. The molecular weight excluding hydrogens is 1080 g/mol.